The van der Waals surface area contributed by atoms with Crippen molar-refractivity contribution in [3.63, 3.8) is 0 Å². The molecule has 0 unspecified atom stereocenters. The van der Waals surface area contributed by atoms with E-state index in [0.717, 1.165) is 3.92 Å². The van der Waals surface area contributed by atoms with Crippen molar-refractivity contribution in [2.75, 3.05) is 0 Å². The minimum absolute atomic E-state index is 0. The van der Waals surface area contributed by atoms with Crippen LogP contribution in [0.4, 0.5) is 0 Å². The van der Waals surface area contributed by atoms with Gasteiger partial charge in [0.15, 0.2) is 0 Å². The first kappa shape index (κ1) is 35.4. The Balaban J connectivity index is -0.000000187. The van der Waals surface area contributed by atoms with Gasteiger partial charge in [0.05, 0.1) is 0 Å². The van der Waals surface area contributed by atoms with Gasteiger partial charge in [0.25, 0.3) is 0 Å². The van der Waals surface area contributed by atoms with Crippen molar-refractivity contribution in [3.8, 4) is 0 Å². The van der Waals surface area contributed by atoms with Gasteiger partial charge in [0, 0.05) is 0 Å². The summed E-state index contributed by atoms with van der Waals surface area (Å²) in [5, 5.41) is 40.9. The molecular weight excluding hydrogens is 487 g/mol. The van der Waals surface area contributed by atoms with Crippen LogP contribution in [0.5, 0.6) is 0 Å². The molecule has 0 fully saturated rings. The Labute approximate surface area is 278 Å². The molecule has 98 valence electrons. The summed E-state index contributed by atoms with van der Waals surface area (Å²) in [6, 6.07) is 0. The molecule has 15 nitrogen and oxygen atoms in total. The van der Waals surface area contributed by atoms with Gasteiger partial charge in [0.1, 0.15) is 0 Å². The van der Waals surface area contributed by atoms with Gasteiger partial charge >= 0.3 is 287 Å². The van der Waals surface area contributed by atoms with Gasteiger partial charge < -0.3 is 0 Å². The molecule has 0 aromatic carbocycles. The maximum absolute atomic E-state index is 10.2. The van der Waals surface area contributed by atoms with E-state index in [2.05, 4.69) is 0 Å². The molecule has 0 aliphatic rings. The molecule has 0 aliphatic heterocycles. The van der Waals surface area contributed by atoms with Crippen LogP contribution in [0.1, 0.15) is 0 Å². The van der Waals surface area contributed by atoms with Crippen LogP contribution in [-0.4, -0.2) is 18.6 Å². The van der Waals surface area contributed by atoms with E-state index < -0.39 is 28.6 Å². The van der Waals surface area contributed by atoms with Crippen LogP contribution in [0.2, 0.25) is 0 Å². The molecule has 0 aromatic rings. The fraction of sp³-hybridized carbons (Fsp3) is 0. The van der Waals surface area contributed by atoms with Gasteiger partial charge in [-0.3, -0.25) is 0 Å². The Hall–Kier alpha value is 4.33. The quantitative estimate of drug-likeness (QED) is 0.166. The Morgan fingerprint density at radius 2 is 0.850 bits per heavy atom. The second-order valence-electron chi connectivity index (χ2n) is 1.94. The molecule has 0 radical (unpaired) electrons. The summed E-state index contributed by atoms with van der Waals surface area (Å²) in [4.78, 5) is 51.0. The van der Waals surface area contributed by atoms with Crippen molar-refractivity contribution < 1.29 is 238 Å². The molecule has 0 aromatic heterocycles. The molecule has 0 amide bonds. The van der Waals surface area contributed by atoms with Crippen molar-refractivity contribution >= 4 is 0 Å². The molecule has 0 saturated carbocycles. The second kappa shape index (κ2) is 11.1. The average molecular weight is 488 g/mol. The Kier molecular flexibility index (Phi) is 19.7. The third kappa shape index (κ3) is 4.17. The maximum atomic E-state index is 10.2. The standard InChI is InChI=1S/4K.4NO2.NO.H2O.Ru/c;;;;4*2-1-3;1-2;;/h;;;;;;;;;1H2;/q4*+1;;;;;-1;;-2/p-1. The zero-order chi connectivity index (χ0) is 13.4. The minimum atomic E-state index is -9.92. The normalized spacial score (nSPS) is 12.2. The molecule has 0 heterocycles. The zero-order valence-electron chi connectivity index (χ0n) is 10.7. The SMILES string of the molecule is O=[N][Ru-4]([OH])([N+](=O)[O-])([N+](=O)[O-])([N+](=O)[O-])[N+](=O)[O-].[K+].[K+].[K+].[K+]. The van der Waals surface area contributed by atoms with Gasteiger partial charge in [-0.1, -0.05) is 0 Å². The van der Waals surface area contributed by atoms with Gasteiger partial charge in [-0.05, 0) is 0 Å². The van der Waals surface area contributed by atoms with Crippen LogP contribution in [-0.2, 0) is 14.0 Å². The van der Waals surface area contributed by atoms with Crippen molar-refractivity contribution in [2.45, 2.75) is 0 Å². The number of nitro groups is 4. The van der Waals surface area contributed by atoms with E-state index in [9.17, 15) is 45.4 Å². The summed E-state index contributed by atoms with van der Waals surface area (Å²) < 4.78 is -1.63. The number of rotatable bonds is 5. The predicted molar refractivity (Wildman–Crippen MR) is 36.0 cm³/mol. The van der Waals surface area contributed by atoms with E-state index in [4.69, 9.17) is 3.93 Å². The molecule has 0 rings (SSSR count). The predicted octanol–water partition coefficient (Wildman–Crippen LogP) is -13.4. The third-order valence-electron chi connectivity index (χ3n) is 1.30. The first-order valence-corrected chi connectivity index (χ1v) is 7.26. The first-order chi connectivity index (χ1) is 6.97. The second-order valence-corrected chi connectivity index (χ2v) is 10.0. The van der Waals surface area contributed by atoms with Gasteiger partial charge in [-0.25, -0.2) is 0 Å². The molecule has 0 aliphatic carbocycles. The number of nitrogens with zero attached hydrogens (tertiary/aromatic N) is 5. The van der Waals surface area contributed by atoms with Crippen LogP contribution in [0.25, 0.3) is 0 Å². The van der Waals surface area contributed by atoms with Crippen LogP contribution in [0.15, 0.2) is 3.92 Å². The fourth-order valence-electron chi connectivity index (χ4n) is 0.377. The average Bonchev–Trinajstić information content (AvgIpc) is 2.15. The van der Waals surface area contributed by atoms with Gasteiger partial charge in [0.2, 0.25) is 0 Å². The van der Waals surface area contributed by atoms with E-state index in [1.54, 1.807) is 0 Å². The summed E-state index contributed by atoms with van der Waals surface area (Å²) in [5.74, 6) is 0. The fourth-order valence-corrected chi connectivity index (χ4v) is 2.23. The Bertz CT molecular complexity index is 389. The molecule has 20 heavy (non-hydrogen) atoms. The molecule has 0 atom stereocenters. The number of hydrogen-bond acceptors (Lipinski definition) is 11. The molecule has 0 spiro atoms. The summed E-state index contributed by atoms with van der Waals surface area (Å²) in [5.41, 5.74) is 0. The minimum Gasteiger partial charge on any atom is 1.00 e. The van der Waals surface area contributed by atoms with E-state index in [1.807, 2.05) is 0 Å². The van der Waals surface area contributed by atoms with Crippen LogP contribution in [0.3, 0.4) is 0 Å². The van der Waals surface area contributed by atoms with E-state index >= 15 is 0 Å². The third-order valence-corrected chi connectivity index (χ3v) is 7.69. The van der Waals surface area contributed by atoms with E-state index in [0.29, 0.717) is 0 Å². The maximum Gasteiger partial charge on any atom is 1.00 e. The van der Waals surface area contributed by atoms with Crippen LogP contribution in [0, 0.1) is 45.4 Å². The molecule has 20 heteroatoms. The van der Waals surface area contributed by atoms with Crippen LogP contribution >= 0.6 is 0 Å². The van der Waals surface area contributed by atoms with Crippen molar-refractivity contribution in [3.05, 3.63) is 45.4 Å². The number of hydrogen-bond donors (Lipinski definition) is 1. The largest absolute Gasteiger partial charge is 1.00 e. The van der Waals surface area contributed by atoms with Gasteiger partial charge in [-0.15, -0.1) is 0 Å². The number of nitroso groups, excluding NO2 is 1. The van der Waals surface area contributed by atoms with Gasteiger partial charge in [-0.2, -0.15) is 0 Å². The monoisotopic (exact) mass is 489 g/mol. The summed E-state index contributed by atoms with van der Waals surface area (Å²) in [6.07, 6.45) is 0. The topological polar surface area (TPSA) is 222 Å². The Morgan fingerprint density at radius 3 is 0.850 bits per heavy atom. The molecular formula is HK4N5O10Ru. The van der Waals surface area contributed by atoms with Crippen molar-refractivity contribution in [2.24, 2.45) is 3.92 Å². The van der Waals surface area contributed by atoms with E-state index in [1.165, 1.54) is 0 Å². The molecule has 0 bridgehead atoms. The summed E-state index contributed by atoms with van der Waals surface area (Å²) in [7, 11) is 0. The smallest absolute Gasteiger partial charge is 1.00 e. The zero-order valence-corrected chi connectivity index (χ0v) is 24.9. The summed E-state index contributed by atoms with van der Waals surface area (Å²) in [6.45, 7) is 0. The van der Waals surface area contributed by atoms with Crippen molar-refractivity contribution in [1.82, 2.24) is 0 Å². The molecule has 0 saturated heterocycles. The van der Waals surface area contributed by atoms with Crippen molar-refractivity contribution in [1.29, 1.82) is 0 Å². The first-order valence-electron chi connectivity index (χ1n) is 2.59. The molecule has 1 N–H and O–H groups in total. The summed E-state index contributed by atoms with van der Waals surface area (Å²) >= 11 is -9.92. The Morgan fingerprint density at radius 1 is 0.700 bits per heavy atom. The van der Waals surface area contributed by atoms with Crippen LogP contribution < -0.4 is 206 Å². The van der Waals surface area contributed by atoms with E-state index in [-0.39, 0.29) is 206 Å².